The van der Waals surface area contributed by atoms with Crippen LogP contribution in [-0.2, 0) is 4.79 Å². The lowest BCUT2D eigenvalue weighted by atomic mass is 9.69. The smallest absolute Gasteiger partial charge is 0.321 e. The Kier molecular flexibility index (Phi) is 5.88. The molecule has 0 aliphatic heterocycles. The van der Waals surface area contributed by atoms with Crippen LogP contribution in [-0.4, -0.2) is 17.1 Å². The quantitative estimate of drug-likeness (QED) is 0.686. The van der Waals surface area contributed by atoms with E-state index in [1.807, 2.05) is 13.8 Å². The van der Waals surface area contributed by atoms with Crippen LogP contribution in [0.25, 0.3) is 0 Å². The Morgan fingerprint density at radius 2 is 1.67 bits per heavy atom. The van der Waals surface area contributed by atoms with Crippen molar-refractivity contribution in [3.8, 4) is 0 Å². The van der Waals surface area contributed by atoms with Crippen molar-refractivity contribution < 1.29 is 9.90 Å². The van der Waals surface area contributed by atoms with Gasteiger partial charge in [-0.3, -0.25) is 4.79 Å². The number of carbonyl (C=O) groups is 1. The number of carboxylic acids is 1. The number of nitrogens with two attached hydrogens (primary N) is 1. The first kappa shape index (κ1) is 14.4. The summed E-state index contributed by atoms with van der Waals surface area (Å²) in [4.78, 5) is 10.9. The molecule has 0 aromatic carbocycles. The van der Waals surface area contributed by atoms with E-state index in [0.717, 1.165) is 25.7 Å². The second-order valence-corrected chi connectivity index (χ2v) is 4.91. The van der Waals surface area contributed by atoms with E-state index in [9.17, 15) is 4.79 Å². The summed E-state index contributed by atoms with van der Waals surface area (Å²) in [6.07, 6.45) is 4.28. The zero-order valence-electron chi connectivity index (χ0n) is 10.4. The fourth-order valence-corrected chi connectivity index (χ4v) is 2.16. The number of rotatable bonds is 7. The van der Waals surface area contributed by atoms with Crippen LogP contribution in [0.15, 0.2) is 0 Å². The Balaban J connectivity index is 4.67. The van der Waals surface area contributed by atoms with Gasteiger partial charge < -0.3 is 10.8 Å². The van der Waals surface area contributed by atoms with Gasteiger partial charge in [-0.1, -0.05) is 53.4 Å². The van der Waals surface area contributed by atoms with Crippen LogP contribution in [0.4, 0.5) is 0 Å². The van der Waals surface area contributed by atoms with Crippen LogP contribution in [0.2, 0.25) is 0 Å². The molecule has 3 nitrogen and oxygen atoms in total. The van der Waals surface area contributed by atoms with Gasteiger partial charge in [-0.05, 0) is 11.3 Å². The molecule has 0 fully saturated rings. The molecule has 0 saturated heterocycles. The maximum Gasteiger partial charge on any atom is 0.321 e. The molecule has 1 unspecified atom stereocenters. The first-order chi connectivity index (χ1) is 6.87. The topological polar surface area (TPSA) is 63.3 Å². The molecule has 0 radical (unpaired) electrons. The molecule has 0 aromatic heterocycles. The summed E-state index contributed by atoms with van der Waals surface area (Å²) >= 11 is 0. The van der Waals surface area contributed by atoms with E-state index in [-0.39, 0.29) is 5.41 Å². The third-order valence-corrected chi connectivity index (χ3v) is 3.39. The zero-order valence-corrected chi connectivity index (χ0v) is 10.4. The molecular formula is C12H25NO2. The highest BCUT2D eigenvalue weighted by Gasteiger charge is 2.38. The Bertz CT molecular complexity index is 196. The summed E-state index contributed by atoms with van der Waals surface area (Å²) in [5.74, 6) is -0.490. The van der Waals surface area contributed by atoms with E-state index in [4.69, 9.17) is 10.8 Å². The summed E-state index contributed by atoms with van der Waals surface area (Å²) in [5.41, 5.74) is 5.43. The molecule has 3 heteroatoms. The highest BCUT2D eigenvalue weighted by atomic mass is 16.4. The average Bonchev–Trinajstić information content (AvgIpc) is 2.16. The van der Waals surface area contributed by atoms with Gasteiger partial charge in [0.2, 0.25) is 0 Å². The molecule has 0 rings (SSSR count). The molecular weight excluding hydrogens is 190 g/mol. The number of hydrogen-bond donors (Lipinski definition) is 2. The lowest BCUT2D eigenvalue weighted by Crippen LogP contribution is -2.48. The summed E-state index contributed by atoms with van der Waals surface area (Å²) in [6.45, 7) is 8.21. The molecule has 0 spiro atoms. The van der Waals surface area contributed by atoms with E-state index < -0.39 is 12.0 Å². The molecule has 3 N–H and O–H groups in total. The lowest BCUT2D eigenvalue weighted by molar-refractivity contribution is -0.142. The van der Waals surface area contributed by atoms with Crippen LogP contribution < -0.4 is 5.73 Å². The Labute approximate surface area is 93.0 Å². The van der Waals surface area contributed by atoms with Crippen molar-refractivity contribution >= 4 is 5.97 Å². The molecule has 0 saturated carbocycles. The first-order valence-electron chi connectivity index (χ1n) is 5.86. The minimum Gasteiger partial charge on any atom is -0.480 e. The molecule has 1 atom stereocenters. The summed E-state index contributed by atoms with van der Waals surface area (Å²) < 4.78 is 0. The van der Waals surface area contributed by atoms with E-state index in [0.29, 0.717) is 5.92 Å². The number of aliphatic carboxylic acids is 1. The predicted molar refractivity (Wildman–Crippen MR) is 62.7 cm³/mol. The van der Waals surface area contributed by atoms with Gasteiger partial charge in [0, 0.05) is 0 Å². The molecule has 0 bridgehead atoms. The SMILES string of the molecule is CCCC(CCC)C(C)(C)C(N)C(=O)O. The summed E-state index contributed by atoms with van der Waals surface area (Å²) in [6, 6.07) is -0.763. The minimum absolute atomic E-state index is 0.322. The second-order valence-electron chi connectivity index (χ2n) is 4.91. The van der Waals surface area contributed by atoms with Crippen molar-refractivity contribution in [3.05, 3.63) is 0 Å². The van der Waals surface area contributed by atoms with Crippen LogP contribution in [0.5, 0.6) is 0 Å². The average molecular weight is 215 g/mol. The van der Waals surface area contributed by atoms with Crippen molar-refractivity contribution in [1.82, 2.24) is 0 Å². The lowest BCUT2D eigenvalue weighted by Gasteiger charge is -2.37. The van der Waals surface area contributed by atoms with E-state index in [1.54, 1.807) is 0 Å². The zero-order chi connectivity index (χ0) is 12.1. The van der Waals surface area contributed by atoms with E-state index in [2.05, 4.69) is 13.8 Å². The highest BCUT2D eigenvalue weighted by Crippen LogP contribution is 2.36. The monoisotopic (exact) mass is 215 g/mol. The first-order valence-corrected chi connectivity index (χ1v) is 5.86. The maximum absolute atomic E-state index is 10.9. The third kappa shape index (κ3) is 3.82. The van der Waals surface area contributed by atoms with Gasteiger partial charge in [0.05, 0.1) is 0 Å². The van der Waals surface area contributed by atoms with Gasteiger partial charge in [0.15, 0.2) is 0 Å². The molecule has 15 heavy (non-hydrogen) atoms. The normalized spacial score (nSPS) is 14.3. The van der Waals surface area contributed by atoms with E-state index >= 15 is 0 Å². The van der Waals surface area contributed by atoms with Crippen LogP contribution in [0, 0.1) is 11.3 Å². The highest BCUT2D eigenvalue weighted by molar-refractivity contribution is 5.74. The van der Waals surface area contributed by atoms with Crippen LogP contribution in [0.3, 0.4) is 0 Å². The van der Waals surface area contributed by atoms with Gasteiger partial charge in [-0.25, -0.2) is 0 Å². The van der Waals surface area contributed by atoms with Crippen LogP contribution in [0.1, 0.15) is 53.4 Å². The minimum atomic E-state index is -0.891. The fraction of sp³-hybridized carbons (Fsp3) is 0.917. The third-order valence-electron chi connectivity index (χ3n) is 3.39. The largest absolute Gasteiger partial charge is 0.480 e. The predicted octanol–water partition coefficient (Wildman–Crippen LogP) is 2.64. The summed E-state index contributed by atoms with van der Waals surface area (Å²) in [5, 5.41) is 8.98. The van der Waals surface area contributed by atoms with Gasteiger partial charge in [-0.15, -0.1) is 0 Å². The summed E-state index contributed by atoms with van der Waals surface area (Å²) in [7, 11) is 0. The number of hydrogen-bond acceptors (Lipinski definition) is 2. The molecule has 0 aromatic rings. The molecule has 0 aliphatic carbocycles. The Morgan fingerprint density at radius 3 is 1.93 bits per heavy atom. The van der Waals surface area contributed by atoms with E-state index in [1.165, 1.54) is 0 Å². The van der Waals surface area contributed by atoms with Crippen LogP contribution >= 0.6 is 0 Å². The molecule has 0 heterocycles. The second kappa shape index (κ2) is 6.11. The van der Waals surface area contributed by atoms with Gasteiger partial charge in [0.25, 0.3) is 0 Å². The van der Waals surface area contributed by atoms with Gasteiger partial charge in [-0.2, -0.15) is 0 Å². The maximum atomic E-state index is 10.9. The van der Waals surface area contributed by atoms with Gasteiger partial charge >= 0.3 is 5.97 Å². The Hall–Kier alpha value is -0.570. The Morgan fingerprint density at radius 1 is 1.27 bits per heavy atom. The van der Waals surface area contributed by atoms with Crippen molar-refractivity contribution in [2.75, 3.05) is 0 Å². The standard InChI is InChI=1S/C12H25NO2/c1-5-7-9(8-6-2)12(3,4)10(13)11(14)15/h9-10H,5-8,13H2,1-4H3,(H,14,15). The molecule has 90 valence electrons. The number of carboxylic acid groups (broad SMARTS) is 1. The van der Waals surface area contributed by atoms with Crippen molar-refractivity contribution in [2.45, 2.75) is 59.4 Å². The van der Waals surface area contributed by atoms with Crippen molar-refractivity contribution in [3.63, 3.8) is 0 Å². The molecule has 0 amide bonds. The van der Waals surface area contributed by atoms with Gasteiger partial charge in [0.1, 0.15) is 6.04 Å². The molecule has 0 aliphatic rings. The van der Waals surface area contributed by atoms with Crippen molar-refractivity contribution in [2.24, 2.45) is 17.1 Å². The fourth-order valence-electron chi connectivity index (χ4n) is 2.16. The van der Waals surface area contributed by atoms with Crippen molar-refractivity contribution in [1.29, 1.82) is 0 Å².